The quantitative estimate of drug-likeness (QED) is 0.932. The molecule has 0 aliphatic rings. The fourth-order valence-electron chi connectivity index (χ4n) is 1.97. The molecule has 0 spiro atoms. The Labute approximate surface area is 122 Å². The number of hydrogen-bond donors (Lipinski definition) is 1. The van der Waals surface area contributed by atoms with Gasteiger partial charge in [-0.05, 0) is 37.6 Å². The standard InChI is InChI=1S/C14H16ClN3S/c1-9(13-4-5-14(15)19-13)17-8-11-6-12(7-16)18(3)10(11)2/h4-6,9,17H,8H2,1-3H3. The Kier molecular flexibility index (Phi) is 4.31. The van der Waals surface area contributed by atoms with E-state index in [4.69, 9.17) is 16.9 Å². The second kappa shape index (κ2) is 5.79. The summed E-state index contributed by atoms with van der Waals surface area (Å²) in [6, 6.07) is 8.36. The predicted octanol–water partition coefficient (Wildman–Crippen LogP) is 3.77. The summed E-state index contributed by atoms with van der Waals surface area (Å²) < 4.78 is 2.73. The zero-order valence-electron chi connectivity index (χ0n) is 11.2. The molecule has 2 aromatic heterocycles. The Morgan fingerprint density at radius 1 is 1.53 bits per heavy atom. The highest BCUT2D eigenvalue weighted by molar-refractivity contribution is 7.16. The number of thiophene rings is 1. The summed E-state index contributed by atoms with van der Waals surface area (Å²) in [4.78, 5) is 1.22. The van der Waals surface area contributed by atoms with E-state index >= 15 is 0 Å². The van der Waals surface area contributed by atoms with Gasteiger partial charge in [-0.2, -0.15) is 5.26 Å². The second-order valence-electron chi connectivity index (χ2n) is 4.56. The monoisotopic (exact) mass is 293 g/mol. The molecule has 0 aromatic carbocycles. The van der Waals surface area contributed by atoms with E-state index in [1.165, 1.54) is 4.88 Å². The van der Waals surface area contributed by atoms with Crippen LogP contribution in [0.2, 0.25) is 4.34 Å². The number of rotatable bonds is 4. The summed E-state index contributed by atoms with van der Waals surface area (Å²) in [6.07, 6.45) is 0. The number of nitriles is 1. The van der Waals surface area contributed by atoms with Crippen LogP contribution in [0.15, 0.2) is 18.2 Å². The van der Waals surface area contributed by atoms with E-state index in [-0.39, 0.29) is 6.04 Å². The average molecular weight is 294 g/mol. The highest BCUT2D eigenvalue weighted by atomic mass is 35.5. The molecule has 0 radical (unpaired) electrons. The van der Waals surface area contributed by atoms with Crippen molar-refractivity contribution in [3.8, 4) is 6.07 Å². The lowest BCUT2D eigenvalue weighted by Crippen LogP contribution is -2.17. The van der Waals surface area contributed by atoms with Crippen LogP contribution >= 0.6 is 22.9 Å². The average Bonchev–Trinajstić information content (AvgIpc) is 2.94. The summed E-state index contributed by atoms with van der Waals surface area (Å²) >= 11 is 7.53. The van der Waals surface area contributed by atoms with E-state index in [9.17, 15) is 0 Å². The van der Waals surface area contributed by atoms with E-state index in [1.54, 1.807) is 11.3 Å². The van der Waals surface area contributed by atoms with Gasteiger partial charge in [-0.1, -0.05) is 11.6 Å². The Morgan fingerprint density at radius 2 is 2.26 bits per heavy atom. The van der Waals surface area contributed by atoms with Gasteiger partial charge < -0.3 is 9.88 Å². The molecule has 2 aromatic rings. The molecule has 0 amide bonds. The molecule has 0 saturated heterocycles. The number of aromatic nitrogens is 1. The minimum Gasteiger partial charge on any atom is -0.340 e. The van der Waals surface area contributed by atoms with Gasteiger partial charge >= 0.3 is 0 Å². The molecule has 2 rings (SSSR count). The van der Waals surface area contributed by atoms with Gasteiger partial charge in [0.2, 0.25) is 0 Å². The summed E-state index contributed by atoms with van der Waals surface area (Å²) in [5.74, 6) is 0. The molecule has 1 atom stereocenters. The van der Waals surface area contributed by atoms with Crippen molar-refractivity contribution in [2.24, 2.45) is 7.05 Å². The third kappa shape index (κ3) is 3.01. The smallest absolute Gasteiger partial charge is 0.120 e. The molecule has 0 bridgehead atoms. The first kappa shape index (κ1) is 14.1. The molecule has 0 fully saturated rings. The molecule has 5 heteroatoms. The van der Waals surface area contributed by atoms with E-state index in [0.29, 0.717) is 5.69 Å². The Hall–Kier alpha value is -1.28. The van der Waals surface area contributed by atoms with Crippen LogP contribution in [0.5, 0.6) is 0 Å². The zero-order valence-corrected chi connectivity index (χ0v) is 12.8. The van der Waals surface area contributed by atoms with Crippen molar-refractivity contribution in [1.29, 1.82) is 5.26 Å². The highest BCUT2D eigenvalue weighted by Crippen LogP contribution is 2.27. The van der Waals surface area contributed by atoms with Crippen LogP contribution in [0.25, 0.3) is 0 Å². The second-order valence-corrected chi connectivity index (χ2v) is 6.30. The van der Waals surface area contributed by atoms with Crippen molar-refractivity contribution in [2.75, 3.05) is 0 Å². The summed E-state index contributed by atoms with van der Waals surface area (Å²) in [6.45, 7) is 4.90. The molecule has 3 nitrogen and oxygen atoms in total. The number of nitrogens with zero attached hydrogens (tertiary/aromatic N) is 2. The Bertz CT molecular complexity index is 621. The van der Waals surface area contributed by atoms with Gasteiger partial charge in [0, 0.05) is 30.2 Å². The Balaban J connectivity index is 2.05. The molecular formula is C14H16ClN3S. The van der Waals surface area contributed by atoms with Crippen LogP contribution in [-0.4, -0.2) is 4.57 Å². The van der Waals surface area contributed by atoms with Gasteiger partial charge in [-0.15, -0.1) is 11.3 Å². The Morgan fingerprint density at radius 3 is 2.79 bits per heavy atom. The van der Waals surface area contributed by atoms with Crippen LogP contribution in [0, 0.1) is 18.3 Å². The zero-order chi connectivity index (χ0) is 14.0. The highest BCUT2D eigenvalue weighted by Gasteiger charge is 2.11. The molecule has 2 heterocycles. The maximum absolute atomic E-state index is 9.01. The van der Waals surface area contributed by atoms with Gasteiger partial charge in [0.15, 0.2) is 0 Å². The molecule has 100 valence electrons. The maximum Gasteiger partial charge on any atom is 0.120 e. The van der Waals surface area contributed by atoms with Crippen LogP contribution in [0.1, 0.15) is 34.8 Å². The van der Waals surface area contributed by atoms with Gasteiger partial charge in [0.05, 0.1) is 4.34 Å². The molecular weight excluding hydrogens is 278 g/mol. The third-order valence-corrected chi connectivity index (χ3v) is 4.79. The van der Waals surface area contributed by atoms with Crippen LogP contribution in [0.4, 0.5) is 0 Å². The lowest BCUT2D eigenvalue weighted by molar-refractivity contribution is 0.580. The van der Waals surface area contributed by atoms with Crippen molar-refractivity contribution in [1.82, 2.24) is 9.88 Å². The largest absolute Gasteiger partial charge is 0.340 e. The lowest BCUT2D eigenvalue weighted by Gasteiger charge is -2.12. The van der Waals surface area contributed by atoms with Gasteiger partial charge in [0.25, 0.3) is 0 Å². The van der Waals surface area contributed by atoms with E-state index in [1.807, 2.05) is 36.7 Å². The van der Waals surface area contributed by atoms with E-state index in [0.717, 1.165) is 22.1 Å². The van der Waals surface area contributed by atoms with Crippen LogP contribution < -0.4 is 5.32 Å². The maximum atomic E-state index is 9.01. The van der Waals surface area contributed by atoms with Crippen molar-refractivity contribution in [2.45, 2.75) is 26.4 Å². The van der Waals surface area contributed by atoms with E-state index in [2.05, 4.69) is 18.3 Å². The van der Waals surface area contributed by atoms with Crippen molar-refractivity contribution in [3.63, 3.8) is 0 Å². The normalized spacial score (nSPS) is 12.4. The predicted molar refractivity (Wildman–Crippen MR) is 79.4 cm³/mol. The minimum atomic E-state index is 0.252. The topological polar surface area (TPSA) is 40.8 Å². The summed E-state index contributed by atoms with van der Waals surface area (Å²) in [5.41, 5.74) is 2.98. The SMILES string of the molecule is Cc1c(CNC(C)c2ccc(Cl)s2)cc(C#N)n1C. The first-order chi connectivity index (χ1) is 9.02. The fourth-order valence-corrected chi connectivity index (χ4v) is 3.06. The summed E-state index contributed by atoms with van der Waals surface area (Å²) in [7, 11) is 1.92. The minimum absolute atomic E-state index is 0.252. The van der Waals surface area contributed by atoms with Gasteiger partial charge in [0.1, 0.15) is 11.8 Å². The molecule has 0 aliphatic carbocycles. The molecule has 0 saturated carbocycles. The molecule has 1 N–H and O–H groups in total. The fraction of sp³-hybridized carbons (Fsp3) is 0.357. The van der Waals surface area contributed by atoms with E-state index < -0.39 is 0 Å². The molecule has 0 aliphatic heterocycles. The third-order valence-electron chi connectivity index (χ3n) is 3.37. The van der Waals surface area contributed by atoms with Crippen molar-refractivity contribution in [3.05, 3.63) is 44.4 Å². The number of hydrogen-bond acceptors (Lipinski definition) is 3. The van der Waals surface area contributed by atoms with Crippen molar-refractivity contribution < 1.29 is 0 Å². The lowest BCUT2D eigenvalue weighted by atomic mass is 10.2. The van der Waals surface area contributed by atoms with Gasteiger partial charge in [-0.25, -0.2) is 0 Å². The molecule has 1 unspecified atom stereocenters. The van der Waals surface area contributed by atoms with Crippen LogP contribution in [-0.2, 0) is 13.6 Å². The van der Waals surface area contributed by atoms with Gasteiger partial charge in [-0.3, -0.25) is 0 Å². The number of nitrogens with one attached hydrogen (secondary N) is 1. The summed E-state index contributed by atoms with van der Waals surface area (Å²) in [5, 5.41) is 12.5. The van der Waals surface area contributed by atoms with Crippen LogP contribution in [0.3, 0.4) is 0 Å². The van der Waals surface area contributed by atoms with Crippen molar-refractivity contribution >= 4 is 22.9 Å². The first-order valence-corrected chi connectivity index (χ1v) is 7.26. The number of halogens is 1. The molecule has 19 heavy (non-hydrogen) atoms. The first-order valence-electron chi connectivity index (χ1n) is 6.07.